The summed E-state index contributed by atoms with van der Waals surface area (Å²) in [6.07, 6.45) is 0.0509. The Morgan fingerprint density at radius 3 is 2.06 bits per heavy atom. The summed E-state index contributed by atoms with van der Waals surface area (Å²) in [6.45, 7) is 5.13. The van der Waals surface area contributed by atoms with E-state index in [-0.39, 0.29) is 19.6 Å². The van der Waals surface area contributed by atoms with Crippen LogP contribution in [-0.4, -0.2) is 36.9 Å². The molecule has 0 aromatic carbocycles. The first kappa shape index (κ1) is 15.1. The van der Waals surface area contributed by atoms with Gasteiger partial charge in [-0.15, -0.1) is 0 Å². The maximum atomic E-state index is 11.5. The van der Waals surface area contributed by atoms with Crippen molar-refractivity contribution in [1.82, 2.24) is 0 Å². The summed E-state index contributed by atoms with van der Waals surface area (Å²) in [4.78, 5) is 26.8. The van der Waals surface area contributed by atoms with Crippen molar-refractivity contribution in [2.45, 2.75) is 33.2 Å². The summed E-state index contributed by atoms with van der Waals surface area (Å²) in [7, 11) is 0. The van der Waals surface area contributed by atoms with Crippen molar-refractivity contribution < 1.29 is 19.1 Å². The smallest absolute Gasteiger partial charge is 0.342 e. The van der Waals surface area contributed by atoms with E-state index in [0.717, 1.165) is 0 Å². The molecular weight excluding hydrogens is 224 g/mol. The van der Waals surface area contributed by atoms with Crippen LogP contribution in [0.2, 0.25) is 0 Å². The van der Waals surface area contributed by atoms with Gasteiger partial charge in [0, 0.05) is 5.71 Å². The molecule has 6 nitrogen and oxygen atoms in total. The lowest BCUT2D eigenvalue weighted by molar-refractivity contribution is -0.156. The van der Waals surface area contributed by atoms with Gasteiger partial charge in [0.15, 0.2) is 0 Å². The van der Waals surface area contributed by atoms with Gasteiger partial charge in [-0.3, -0.25) is 4.99 Å². The number of esters is 2. The van der Waals surface area contributed by atoms with Gasteiger partial charge in [-0.05, 0) is 20.8 Å². The van der Waals surface area contributed by atoms with Gasteiger partial charge < -0.3 is 9.47 Å². The highest BCUT2D eigenvalue weighted by Gasteiger charge is 2.28. The van der Waals surface area contributed by atoms with Crippen LogP contribution in [0.5, 0.6) is 0 Å². The van der Waals surface area contributed by atoms with Crippen LogP contribution in [0.15, 0.2) is 4.99 Å². The van der Waals surface area contributed by atoms with Crippen molar-refractivity contribution in [2.75, 3.05) is 13.2 Å². The molecule has 0 aliphatic carbocycles. The Kier molecular flexibility index (Phi) is 7.35. The van der Waals surface area contributed by atoms with Gasteiger partial charge in [-0.25, -0.2) is 9.59 Å². The Morgan fingerprint density at radius 1 is 1.24 bits per heavy atom. The Balaban J connectivity index is 4.85. The summed E-state index contributed by atoms with van der Waals surface area (Å²) in [5, 5.41) is 8.47. The maximum Gasteiger partial charge on any atom is 0.342 e. The van der Waals surface area contributed by atoms with Crippen molar-refractivity contribution in [1.29, 1.82) is 5.26 Å². The van der Waals surface area contributed by atoms with E-state index in [1.165, 1.54) is 0 Å². The molecule has 0 aliphatic heterocycles. The molecule has 0 saturated carbocycles. The third kappa shape index (κ3) is 5.66. The summed E-state index contributed by atoms with van der Waals surface area (Å²) in [6, 6.07) is 0.549. The lowest BCUT2D eigenvalue weighted by atomic mass is 10.2. The number of aliphatic imine (C=N–C) groups is 1. The van der Waals surface area contributed by atoms with Crippen molar-refractivity contribution in [3.63, 3.8) is 0 Å². The highest BCUT2D eigenvalue weighted by molar-refractivity contribution is 6.02. The fraction of sp³-hybridized carbons (Fsp3) is 0.636. The average molecular weight is 240 g/mol. The molecular formula is C11H16N2O4. The van der Waals surface area contributed by atoms with Crippen LogP contribution in [-0.2, 0) is 19.1 Å². The van der Waals surface area contributed by atoms with E-state index < -0.39 is 18.0 Å². The number of ether oxygens (including phenoxy) is 2. The maximum absolute atomic E-state index is 11.5. The second-order valence-electron chi connectivity index (χ2n) is 3.11. The lowest BCUT2D eigenvalue weighted by Crippen LogP contribution is -2.32. The molecule has 6 heteroatoms. The number of carbonyl (C=O) groups excluding carboxylic acids is 2. The summed E-state index contributed by atoms with van der Waals surface area (Å²) in [5.74, 6) is -1.52. The van der Waals surface area contributed by atoms with E-state index in [2.05, 4.69) is 4.99 Å². The molecule has 0 aromatic heterocycles. The van der Waals surface area contributed by atoms with Crippen molar-refractivity contribution in [3.8, 4) is 6.07 Å². The molecule has 0 fully saturated rings. The molecule has 0 radical (unpaired) electrons. The first-order valence-corrected chi connectivity index (χ1v) is 5.30. The quantitative estimate of drug-likeness (QED) is 0.390. The number of nitriles is 1. The Bertz CT molecular complexity index is 326. The van der Waals surface area contributed by atoms with E-state index in [1.807, 2.05) is 6.07 Å². The van der Waals surface area contributed by atoms with Crippen LogP contribution in [0.3, 0.4) is 0 Å². The number of hydrogen-bond donors (Lipinski definition) is 0. The first-order chi connectivity index (χ1) is 8.06. The van der Waals surface area contributed by atoms with E-state index >= 15 is 0 Å². The minimum Gasteiger partial charge on any atom is -0.464 e. The average Bonchev–Trinajstić information content (AvgIpc) is 2.26. The fourth-order valence-electron chi connectivity index (χ4n) is 1.02. The highest BCUT2D eigenvalue weighted by Crippen LogP contribution is 2.02. The topological polar surface area (TPSA) is 88.8 Å². The molecule has 0 amide bonds. The van der Waals surface area contributed by atoms with E-state index in [9.17, 15) is 9.59 Å². The minimum absolute atomic E-state index is 0.0509. The third-order valence-corrected chi connectivity index (χ3v) is 1.70. The Hall–Kier alpha value is -1.90. The highest BCUT2D eigenvalue weighted by atomic mass is 16.6. The molecule has 0 spiro atoms. The zero-order valence-corrected chi connectivity index (χ0v) is 10.2. The molecule has 0 bridgehead atoms. The van der Waals surface area contributed by atoms with Crippen molar-refractivity contribution >= 4 is 17.7 Å². The second kappa shape index (κ2) is 8.28. The number of hydrogen-bond acceptors (Lipinski definition) is 6. The Labute approximate surface area is 100 Å². The second-order valence-corrected chi connectivity index (χ2v) is 3.11. The van der Waals surface area contributed by atoms with Crippen LogP contribution in [0.4, 0.5) is 0 Å². The number of rotatable bonds is 6. The number of carbonyl (C=O) groups is 2. The van der Waals surface area contributed by atoms with Crippen LogP contribution in [0.1, 0.15) is 27.2 Å². The normalized spacial score (nSPS) is 10.9. The minimum atomic E-state index is -1.33. The molecule has 0 N–H and O–H groups in total. The molecule has 0 rings (SSSR count). The molecule has 0 aliphatic rings. The standard InChI is InChI=1S/C11H16N2O4/c1-4-16-10(14)9(11(15)17-5-2)13-8(3)6-7-12/h9H,4-6H2,1-3H3. The molecule has 17 heavy (non-hydrogen) atoms. The van der Waals surface area contributed by atoms with Gasteiger partial charge in [0.2, 0.25) is 6.04 Å². The summed E-state index contributed by atoms with van der Waals surface area (Å²) >= 11 is 0. The van der Waals surface area contributed by atoms with Gasteiger partial charge in [0.05, 0.1) is 25.7 Å². The van der Waals surface area contributed by atoms with Crippen molar-refractivity contribution in [3.05, 3.63) is 0 Å². The van der Waals surface area contributed by atoms with E-state index in [0.29, 0.717) is 5.71 Å². The predicted octanol–water partition coefficient (Wildman–Crippen LogP) is 0.856. The molecule has 0 aromatic rings. The number of nitrogens with zero attached hydrogens (tertiary/aromatic N) is 2. The third-order valence-electron chi connectivity index (χ3n) is 1.70. The fourth-order valence-corrected chi connectivity index (χ4v) is 1.02. The molecule has 0 heterocycles. The molecule has 94 valence electrons. The van der Waals surface area contributed by atoms with Gasteiger partial charge in [-0.1, -0.05) is 0 Å². The van der Waals surface area contributed by atoms with Gasteiger partial charge in [-0.2, -0.15) is 5.26 Å². The van der Waals surface area contributed by atoms with Crippen molar-refractivity contribution in [2.24, 2.45) is 4.99 Å². The van der Waals surface area contributed by atoms with Gasteiger partial charge in [0.25, 0.3) is 0 Å². The largest absolute Gasteiger partial charge is 0.464 e. The van der Waals surface area contributed by atoms with Crippen LogP contribution >= 0.6 is 0 Å². The van der Waals surface area contributed by atoms with Crippen LogP contribution in [0, 0.1) is 11.3 Å². The first-order valence-electron chi connectivity index (χ1n) is 5.30. The van der Waals surface area contributed by atoms with Crippen LogP contribution in [0.25, 0.3) is 0 Å². The SMILES string of the molecule is CCOC(=O)C(N=C(C)CC#N)C(=O)OCC. The zero-order valence-electron chi connectivity index (χ0n) is 10.2. The Morgan fingerprint density at radius 2 is 1.71 bits per heavy atom. The van der Waals surface area contributed by atoms with Gasteiger partial charge in [0.1, 0.15) is 0 Å². The van der Waals surface area contributed by atoms with E-state index in [4.69, 9.17) is 14.7 Å². The summed E-state index contributed by atoms with van der Waals surface area (Å²) in [5.41, 5.74) is 0.388. The summed E-state index contributed by atoms with van der Waals surface area (Å²) < 4.78 is 9.44. The molecule has 0 unspecified atom stereocenters. The zero-order chi connectivity index (χ0) is 13.3. The monoisotopic (exact) mass is 240 g/mol. The lowest BCUT2D eigenvalue weighted by Gasteiger charge is -2.11. The van der Waals surface area contributed by atoms with Gasteiger partial charge >= 0.3 is 11.9 Å². The molecule has 0 atom stereocenters. The predicted molar refractivity (Wildman–Crippen MR) is 60.4 cm³/mol. The molecule has 0 saturated heterocycles. The van der Waals surface area contributed by atoms with Crippen LogP contribution < -0.4 is 0 Å². The van der Waals surface area contributed by atoms with E-state index in [1.54, 1.807) is 20.8 Å².